The number of carboxylic acid groups (broad SMARTS) is 1. The summed E-state index contributed by atoms with van der Waals surface area (Å²) in [5.41, 5.74) is 0.736. The summed E-state index contributed by atoms with van der Waals surface area (Å²) in [4.78, 5) is 11.9. The zero-order valence-corrected chi connectivity index (χ0v) is 11.5. The highest BCUT2D eigenvalue weighted by atomic mass is 16.4. The minimum atomic E-state index is -0.583. The second kappa shape index (κ2) is 4.66. The Hall–Kier alpha value is -1.31. The Morgan fingerprint density at radius 1 is 1.26 bits per heavy atom. The molecule has 0 unspecified atom stereocenters. The summed E-state index contributed by atoms with van der Waals surface area (Å²) >= 11 is 0. The van der Waals surface area contributed by atoms with E-state index in [0.717, 1.165) is 6.42 Å². The van der Waals surface area contributed by atoms with Crippen LogP contribution in [0.2, 0.25) is 0 Å². The molecule has 0 aromatic heterocycles. The maximum atomic E-state index is 11.9. The molecule has 2 aliphatic carbocycles. The molecule has 3 rings (SSSR count). The zero-order chi connectivity index (χ0) is 13.5. The van der Waals surface area contributed by atoms with Crippen LogP contribution in [0.3, 0.4) is 0 Å². The molecule has 2 nitrogen and oxygen atoms in total. The molecule has 1 aromatic carbocycles. The van der Waals surface area contributed by atoms with Crippen molar-refractivity contribution in [3.63, 3.8) is 0 Å². The molecule has 19 heavy (non-hydrogen) atoms. The van der Waals surface area contributed by atoms with Crippen LogP contribution in [0.5, 0.6) is 0 Å². The van der Waals surface area contributed by atoms with E-state index in [0.29, 0.717) is 11.8 Å². The molecule has 1 N–H and O–H groups in total. The fraction of sp³-hybridized carbons (Fsp3) is 0.588. The largest absolute Gasteiger partial charge is 0.481 e. The van der Waals surface area contributed by atoms with Crippen LogP contribution in [0.1, 0.15) is 50.5 Å². The highest BCUT2D eigenvalue weighted by molar-refractivity contribution is 5.81. The van der Waals surface area contributed by atoms with Gasteiger partial charge in [-0.25, -0.2) is 0 Å². The Bertz CT molecular complexity index is 461. The zero-order valence-electron chi connectivity index (χ0n) is 11.5. The van der Waals surface area contributed by atoms with Crippen molar-refractivity contribution in [2.24, 2.45) is 17.3 Å². The highest BCUT2D eigenvalue weighted by Crippen LogP contribution is 2.71. The molecule has 2 aliphatic rings. The Kier molecular flexibility index (Phi) is 3.12. The lowest BCUT2D eigenvalue weighted by atomic mass is 9.91. The van der Waals surface area contributed by atoms with E-state index >= 15 is 0 Å². The summed E-state index contributed by atoms with van der Waals surface area (Å²) < 4.78 is 0. The first kappa shape index (κ1) is 12.7. The number of carbonyl (C=O) groups is 1. The third-order valence-corrected chi connectivity index (χ3v) is 5.45. The summed E-state index contributed by atoms with van der Waals surface area (Å²) in [6.45, 7) is 2.04. The van der Waals surface area contributed by atoms with Gasteiger partial charge >= 0.3 is 5.97 Å². The predicted octanol–water partition coefficient (Wildman–Crippen LogP) is 4.07. The topological polar surface area (TPSA) is 37.3 Å². The monoisotopic (exact) mass is 258 g/mol. The summed E-state index contributed by atoms with van der Waals surface area (Å²) in [7, 11) is 0. The van der Waals surface area contributed by atoms with E-state index in [1.54, 1.807) is 0 Å². The minimum Gasteiger partial charge on any atom is -0.481 e. The van der Waals surface area contributed by atoms with Gasteiger partial charge in [0.2, 0.25) is 0 Å². The van der Waals surface area contributed by atoms with Gasteiger partial charge in [0.25, 0.3) is 0 Å². The Balaban J connectivity index is 1.94. The summed E-state index contributed by atoms with van der Waals surface area (Å²) in [6, 6.07) is 10.3. The lowest BCUT2D eigenvalue weighted by Gasteiger charge is -2.13. The maximum absolute atomic E-state index is 11.9. The fourth-order valence-corrected chi connectivity index (χ4v) is 4.53. The Morgan fingerprint density at radius 2 is 1.89 bits per heavy atom. The first-order valence-electron chi connectivity index (χ1n) is 7.50. The van der Waals surface area contributed by atoms with Crippen LogP contribution in [-0.2, 0) is 4.79 Å². The van der Waals surface area contributed by atoms with Gasteiger partial charge in [0.1, 0.15) is 0 Å². The van der Waals surface area contributed by atoms with Crippen molar-refractivity contribution in [3.05, 3.63) is 35.9 Å². The SMILES string of the molecule is CC[C@]1(C(=O)O)[C@H](C2CCCC2)[C@@H]1c1ccccc1. The van der Waals surface area contributed by atoms with Crippen molar-refractivity contribution in [3.8, 4) is 0 Å². The smallest absolute Gasteiger partial charge is 0.310 e. The lowest BCUT2D eigenvalue weighted by Crippen LogP contribution is -2.20. The van der Waals surface area contributed by atoms with Crippen molar-refractivity contribution in [1.29, 1.82) is 0 Å². The molecule has 0 aliphatic heterocycles. The molecule has 0 saturated heterocycles. The van der Waals surface area contributed by atoms with Gasteiger partial charge in [-0.15, -0.1) is 0 Å². The number of carboxylic acids is 1. The standard InChI is InChI=1S/C17H22O2/c1-2-17(16(18)19)14(12-8-4-3-5-9-12)15(17)13-10-6-7-11-13/h3-5,8-9,13-15H,2,6-7,10-11H2,1H3,(H,18,19)/t14-,15+,17+/m0/s1. The average molecular weight is 258 g/mol. The number of hydrogen-bond acceptors (Lipinski definition) is 1. The fourth-order valence-electron chi connectivity index (χ4n) is 4.53. The average Bonchev–Trinajstić information content (AvgIpc) is 2.83. The van der Waals surface area contributed by atoms with E-state index in [1.807, 2.05) is 25.1 Å². The van der Waals surface area contributed by atoms with Crippen LogP contribution in [0.15, 0.2) is 30.3 Å². The third-order valence-electron chi connectivity index (χ3n) is 5.45. The molecule has 102 valence electrons. The van der Waals surface area contributed by atoms with Crippen LogP contribution in [0.25, 0.3) is 0 Å². The quantitative estimate of drug-likeness (QED) is 0.883. The molecular weight excluding hydrogens is 236 g/mol. The molecule has 0 heterocycles. The maximum Gasteiger partial charge on any atom is 0.310 e. The van der Waals surface area contributed by atoms with E-state index in [-0.39, 0.29) is 5.92 Å². The molecule has 0 amide bonds. The van der Waals surface area contributed by atoms with Crippen LogP contribution in [-0.4, -0.2) is 11.1 Å². The predicted molar refractivity (Wildman–Crippen MR) is 75.0 cm³/mol. The molecule has 3 atom stereocenters. The van der Waals surface area contributed by atoms with Crippen LogP contribution < -0.4 is 0 Å². The number of rotatable bonds is 4. The van der Waals surface area contributed by atoms with Crippen molar-refractivity contribution in [2.75, 3.05) is 0 Å². The molecular formula is C17H22O2. The molecule has 0 radical (unpaired) electrons. The van der Waals surface area contributed by atoms with Gasteiger partial charge in [0.05, 0.1) is 5.41 Å². The lowest BCUT2D eigenvalue weighted by molar-refractivity contribution is -0.144. The number of aliphatic carboxylic acids is 1. The van der Waals surface area contributed by atoms with E-state index < -0.39 is 11.4 Å². The first-order chi connectivity index (χ1) is 9.21. The molecule has 2 saturated carbocycles. The number of benzene rings is 1. The van der Waals surface area contributed by atoms with Crippen LogP contribution >= 0.6 is 0 Å². The van der Waals surface area contributed by atoms with Gasteiger partial charge in [-0.05, 0) is 23.8 Å². The minimum absolute atomic E-state index is 0.235. The first-order valence-corrected chi connectivity index (χ1v) is 7.50. The van der Waals surface area contributed by atoms with Crippen molar-refractivity contribution < 1.29 is 9.90 Å². The van der Waals surface area contributed by atoms with Crippen LogP contribution in [0.4, 0.5) is 0 Å². The van der Waals surface area contributed by atoms with Gasteiger partial charge in [0.15, 0.2) is 0 Å². The van der Waals surface area contributed by atoms with Crippen molar-refractivity contribution >= 4 is 5.97 Å². The molecule has 2 heteroatoms. The summed E-state index contributed by atoms with van der Waals surface area (Å²) in [6.07, 6.45) is 5.76. The van der Waals surface area contributed by atoms with Crippen molar-refractivity contribution in [1.82, 2.24) is 0 Å². The third kappa shape index (κ3) is 1.80. The van der Waals surface area contributed by atoms with E-state index in [2.05, 4.69) is 12.1 Å². The van der Waals surface area contributed by atoms with Gasteiger partial charge in [-0.1, -0.05) is 62.9 Å². The second-order valence-corrected chi connectivity index (χ2v) is 6.16. The highest BCUT2D eigenvalue weighted by Gasteiger charge is 2.70. The Labute approximate surface area is 114 Å². The van der Waals surface area contributed by atoms with Gasteiger partial charge in [0, 0.05) is 5.92 Å². The second-order valence-electron chi connectivity index (χ2n) is 6.16. The number of hydrogen-bond donors (Lipinski definition) is 1. The normalized spacial score (nSPS) is 34.4. The summed E-state index contributed by atoms with van der Waals surface area (Å²) in [5, 5.41) is 9.77. The molecule has 0 spiro atoms. The van der Waals surface area contributed by atoms with Crippen molar-refractivity contribution in [2.45, 2.75) is 44.9 Å². The van der Waals surface area contributed by atoms with E-state index in [1.165, 1.54) is 31.2 Å². The van der Waals surface area contributed by atoms with Gasteiger partial charge < -0.3 is 5.11 Å². The summed E-state index contributed by atoms with van der Waals surface area (Å²) in [5.74, 6) is 0.640. The van der Waals surface area contributed by atoms with E-state index in [9.17, 15) is 9.90 Å². The van der Waals surface area contributed by atoms with E-state index in [4.69, 9.17) is 0 Å². The molecule has 0 bridgehead atoms. The molecule has 1 aromatic rings. The van der Waals surface area contributed by atoms with Gasteiger partial charge in [-0.2, -0.15) is 0 Å². The Morgan fingerprint density at radius 3 is 2.42 bits per heavy atom. The van der Waals surface area contributed by atoms with Gasteiger partial charge in [-0.3, -0.25) is 4.79 Å². The molecule has 2 fully saturated rings. The van der Waals surface area contributed by atoms with Crippen LogP contribution in [0, 0.1) is 17.3 Å².